The van der Waals surface area contributed by atoms with Crippen LogP contribution < -0.4 is 5.32 Å². The number of thiazole rings is 1. The number of aryl methyl sites for hydroxylation is 2. The fraction of sp³-hybridized carbons (Fsp3) is 0.375. The molecule has 1 aromatic heterocycles. The second-order valence-electron chi connectivity index (χ2n) is 5.66. The highest BCUT2D eigenvalue weighted by atomic mass is 32.1. The Bertz CT molecular complexity index is 583. The molecule has 0 aliphatic rings. The lowest BCUT2D eigenvalue weighted by Crippen LogP contribution is -2.32. The highest BCUT2D eigenvalue weighted by Gasteiger charge is 2.28. The predicted octanol–water partition coefficient (Wildman–Crippen LogP) is 3.97. The minimum Gasteiger partial charge on any atom is -0.301 e. The lowest BCUT2D eigenvalue weighted by molar-refractivity contribution is -0.123. The van der Waals surface area contributed by atoms with Crippen LogP contribution in [0.2, 0.25) is 0 Å². The Hall–Kier alpha value is -1.68. The van der Waals surface area contributed by atoms with E-state index in [4.69, 9.17) is 0 Å². The van der Waals surface area contributed by atoms with Crippen molar-refractivity contribution in [3.05, 3.63) is 46.5 Å². The first-order valence-corrected chi connectivity index (χ1v) is 7.49. The number of nitrogens with one attached hydrogen (secondary N) is 1. The van der Waals surface area contributed by atoms with E-state index in [2.05, 4.69) is 10.3 Å². The van der Waals surface area contributed by atoms with Crippen molar-refractivity contribution in [1.29, 1.82) is 0 Å². The van der Waals surface area contributed by atoms with Gasteiger partial charge in [-0.15, -0.1) is 11.3 Å². The molecular formula is C16H20N2OS. The van der Waals surface area contributed by atoms with E-state index < -0.39 is 5.41 Å². The highest BCUT2D eigenvalue weighted by molar-refractivity contribution is 7.15. The average molecular weight is 288 g/mol. The lowest BCUT2D eigenvalue weighted by atomic mass is 9.85. The van der Waals surface area contributed by atoms with Gasteiger partial charge in [0.1, 0.15) is 0 Å². The smallest absolute Gasteiger partial charge is 0.232 e. The van der Waals surface area contributed by atoms with Gasteiger partial charge in [0.25, 0.3) is 0 Å². The zero-order chi connectivity index (χ0) is 14.8. The van der Waals surface area contributed by atoms with Gasteiger partial charge in [0.15, 0.2) is 5.13 Å². The van der Waals surface area contributed by atoms with E-state index in [9.17, 15) is 4.79 Å². The fourth-order valence-electron chi connectivity index (χ4n) is 1.98. The van der Waals surface area contributed by atoms with Crippen LogP contribution in [0.15, 0.2) is 30.3 Å². The molecule has 0 aliphatic heterocycles. The molecule has 1 heterocycles. The third-order valence-corrected chi connectivity index (χ3v) is 4.34. The molecule has 1 amide bonds. The summed E-state index contributed by atoms with van der Waals surface area (Å²) in [5.74, 6) is 0.00935. The van der Waals surface area contributed by atoms with E-state index in [1.165, 1.54) is 16.9 Å². The molecule has 0 saturated carbocycles. The van der Waals surface area contributed by atoms with Gasteiger partial charge in [-0.2, -0.15) is 0 Å². The molecule has 0 atom stereocenters. The number of nitrogens with zero attached hydrogens (tertiary/aromatic N) is 1. The van der Waals surface area contributed by atoms with Crippen LogP contribution >= 0.6 is 11.3 Å². The van der Waals surface area contributed by atoms with Gasteiger partial charge in [-0.25, -0.2) is 4.98 Å². The Labute approximate surface area is 124 Å². The van der Waals surface area contributed by atoms with Gasteiger partial charge >= 0.3 is 0 Å². The molecular weight excluding hydrogens is 268 g/mol. The summed E-state index contributed by atoms with van der Waals surface area (Å²) in [6, 6.07) is 10.1. The summed E-state index contributed by atoms with van der Waals surface area (Å²) in [5.41, 5.74) is 1.68. The minimum absolute atomic E-state index is 0.00935. The first-order valence-electron chi connectivity index (χ1n) is 6.68. The van der Waals surface area contributed by atoms with E-state index in [0.717, 1.165) is 10.6 Å². The van der Waals surface area contributed by atoms with Crippen molar-refractivity contribution in [3.8, 4) is 0 Å². The Balaban J connectivity index is 2.07. The van der Waals surface area contributed by atoms with Crippen LogP contribution in [0.5, 0.6) is 0 Å². The summed E-state index contributed by atoms with van der Waals surface area (Å²) < 4.78 is 0. The molecule has 0 radical (unpaired) electrons. The molecule has 0 aliphatic carbocycles. The van der Waals surface area contributed by atoms with Crippen molar-refractivity contribution in [2.45, 2.75) is 34.1 Å². The van der Waals surface area contributed by atoms with Crippen LogP contribution in [0.1, 0.15) is 30.0 Å². The van der Waals surface area contributed by atoms with Crippen LogP contribution in [-0.2, 0) is 11.2 Å². The van der Waals surface area contributed by atoms with E-state index in [-0.39, 0.29) is 5.91 Å². The maximum absolute atomic E-state index is 12.4. The number of hydrogen-bond donors (Lipinski definition) is 1. The molecule has 3 nitrogen and oxygen atoms in total. The van der Waals surface area contributed by atoms with Gasteiger partial charge in [-0.1, -0.05) is 44.2 Å². The zero-order valence-electron chi connectivity index (χ0n) is 12.4. The second-order valence-corrected chi connectivity index (χ2v) is 6.86. The van der Waals surface area contributed by atoms with Gasteiger partial charge in [0.05, 0.1) is 5.69 Å². The first-order chi connectivity index (χ1) is 9.38. The van der Waals surface area contributed by atoms with Crippen LogP contribution in [0, 0.1) is 19.3 Å². The number of rotatable bonds is 4. The summed E-state index contributed by atoms with van der Waals surface area (Å²) in [5, 5.41) is 3.62. The maximum atomic E-state index is 12.4. The molecule has 2 rings (SSSR count). The number of carbonyl (C=O) groups is 1. The van der Waals surface area contributed by atoms with Crippen LogP contribution in [0.25, 0.3) is 0 Å². The van der Waals surface area contributed by atoms with Crippen molar-refractivity contribution in [1.82, 2.24) is 4.98 Å². The molecule has 1 N–H and O–H groups in total. The molecule has 106 valence electrons. The number of anilines is 1. The van der Waals surface area contributed by atoms with Crippen molar-refractivity contribution in [2.24, 2.45) is 5.41 Å². The number of aromatic nitrogens is 1. The molecule has 20 heavy (non-hydrogen) atoms. The first kappa shape index (κ1) is 14.7. The van der Waals surface area contributed by atoms with Crippen LogP contribution in [0.4, 0.5) is 5.13 Å². The Morgan fingerprint density at radius 1 is 1.25 bits per heavy atom. The predicted molar refractivity (Wildman–Crippen MR) is 84.1 cm³/mol. The molecule has 2 aromatic rings. The van der Waals surface area contributed by atoms with Crippen LogP contribution in [-0.4, -0.2) is 10.9 Å². The van der Waals surface area contributed by atoms with Gasteiger partial charge in [-0.05, 0) is 25.8 Å². The molecule has 0 bridgehead atoms. The van der Waals surface area contributed by atoms with Crippen molar-refractivity contribution < 1.29 is 4.79 Å². The quantitative estimate of drug-likeness (QED) is 0.925. The molecule has 0 fully saturated rings. The Kier molecular flexibility index (Phi) is 4.23. The number of benzene rings is 1. The highest BCUT2D eigenvalue weighted by Crippen LogP contribution is 2.26. The fourth-order valence-corrected chi connectivity index (χ4v) is 2.79. The van der Waals surface area contributed by atoms with Gasteiger partial charge in [-0.3, -0.25) is 4.79 Å². The average Bonchev–Trinajstić information content (AvgIpc) is 2.69. The number of carbonyl (C=O) groups excluding carboxylic acids is 1. The Morgan fingerprint density at radius 2 is 1.90 bits per heavy atom. The van der Waals surface area contributed by atoms with Crippen molar-refractivity contribution in [2.75, 3.05) is 5.32 Å². The summed E-state index contributed by atoms with van der Waals surface area (Å²) in [6.45, 7) is 7.89. The van der Waals surface area contributed by atoms with Crippen molar-refractivity contribution in [3.63, 3.8) is 0 Å². The second kappa shape index (κ2) is 5.75. The minimum atomic E-state index is -0.463. The molecule has 0 saturated heterocycles. The van der Waals surface area contributed by atoms with Gasteiger partial charge in [0, 0.05) is 10.3 Å². The lowest BCUT2D eigenvalue weighted by Gasteiger charge is -2.22. The molecule has 4 heteroatoms. The number of hydrogen-bond acceptors (Lipinski definition) is 3. The SMILES string of the molecule is Cc1nc(NC(=O)C(C)(C)Cc2ccccc2)sc1C. The third-order valence-electron chi connectivity index (χ3n) is 3.35. The van der Waals surface area contributed by atoms with E-state index in [1.807, 2.05) is 58.0 Å². The van der Waals surface area contributed by atoms with E-state index in [0.29, 0.717) is 11.6 Å². The normalized spacial score (nSPS) is 11.4. The maximum Gasteiger partial charge on any atom is 0.232 e. The molecule has 1 aromatic carbocycles. The van der Waals surface area contributed by atoms with Crippen LogP contribution in [0.3, 0.4) is 0 Å². The zero-order valence-corrected chi connectivity index (χ0v) is 13.2. The van der Waals surface area contributed by atoms with Gasteiger partial charge in [0.2, 0.25) is 5.91 Å². The third kappa shape index (κ3) is 3.45. The summed E-state index contributed by atoms with van der Waals surface area (Å²) in [7, 11) is 0. The van der Waals surface area contributed by atoms with E-state index >= 15 is 0 Å². The van der Waals surface area contributed by atoms with Gasteiger partial charge < -0.3 is 5.32 Å². The molecule has 0 spiro atoms. The summed E-state index contributed by atoms with van der Waals surface area (Å²) >= 11 is 1.52. The standard InChI is InChI=1S/C16H20N2OS/c1-11-12(2)20-15(17-11)18-14(19)16(3,4)10-13-8-6-5-7-9-13/h5-9H,10H2,1-4H3,(H,17,18,19). The summed E-state index contributed by atoms with van der Waals surface area (Å²) in [4.78, 5) is 17.9. The summed E-state index contributed by atoms with van der Waals surface area (Å²) in [6.07, 6.45) is 0.711. The largest absolute Gasteiger partial charge is 0.301 e. The van der Waals surface area contributed by atoms with E-state index in [1.54, 1.807) is 0 Å². The monoisotopic (exact) mass is 288 g/mol. The topological polar surface area (TPSA) is 42.0 Å². The number of amides is 1. The molecule has 0 unspecified atom stereocenters. The van der Waals surface area contributed by atoms with Crippen molar-refractivity contribution >= 4 is 22.4 Å². The Morgan fingerprint density at radius 3 is 2.45 bits per heavy atom.